The molecule has 0 aliphatic carbocycles. The van der Waals surface area contributed by atoms with Gasteiger partial charge in [0.1, 0.15) is 0 Å². The highest BCUT2D eigenvalue weighted by atomic mass is 35.5. The van der Waals surface area contributed by atoms with Gasteiger partial charge in [-0.05, 0) is 54.1 Å². The quantitative estimate of drug-likeness (QED) is 0.369. The summed E-state index contributed by atoms with van der Waals surface area (Å²) >= 11 is 5.89. The number of halogens is 1. The zero-order chi connectivity index (χ0) is 21.3. The Morgan fingerprint density at radius 3 is 2.57 bits per heavy atom. The summed E-state index contributed by atoms with van der Waals surface area (Å²) in [5.41, 5.74) is 2.25. The number of hydrogen-bond acceptors (Lipinski definition) is 5. The van der Waals surface area contributed by atoms with Crippen molar-refractivity contribution in [3.63, 3.8) is 0 Å². The predicted molar refractivity (Wildman–Crippen MR) is 116 cm³/mol. The third-order valence-corrected chi connectivity index (χ3v) is 4.28. The van der Waals surface area contributed by atoms with Crippen molar-refractivity contribution in [1.29, 1.82) is 0 Å². The fourth-order valence-electron chi connectivity index (χ4n) is 2.53. The summed E-state index contributed by atoms with van der Waals surface area (Å²) in [6.45, 7) is 0.299. The Hall–Kier alpha value is -3.71. The molecule has 2 N–H and O–H groups in total. The van der Waals surface area contributed by atoms with Crippen molar-refractivity contribution >= 4 is 35.1 Å². The van der Waals surface area contributed by atoms with Crippen LogP contribution in [0.3, 0.4) is 0 Å². The van der Waals surface area contributed by atoms with Crippen molar-refractivity contribution in [3.8, 4) is 0 Å². The molecule has 7 nitrogen and oxygen atoms in total. The number of amides is 1. The van der Waals surface area contributed by atoms with Gasteiger partial charge < -0.3 is 10.1 Å². The van der Waals surface area contributed by atoms with Gasteiger partial charge >= 0.3 is 5.97 Å². The molecule has 0 radical (unpaired) electrons. The maximum Gasteiger partial charge on any atom is 0.337 e. The van der Waals surface area contributed by atoms with Gasteiger partial charge in [-0.3, -0.25) is 15.1 Å². The lowest BCUT2D eigenvalue weighted by molar-refractivity contribution is 0.0600. The molecule has 1 amide bonds. The van der Waals surface area contributed by atoms with E-state index in [0.717, 1.165) is 5.56 Å². The molecule has 0 spiro atoms. The van der Waals surface area contributed by atoms with Crippen molar-refractivity contribution in [2.45, 2.75) is 6.54 Å². The van der Waals surface area contributed by atoms with Crippen LogP contribution in [-0.4, -0.2) is 29.9 Å². The van der Waals surface area contributed by atoms with Crippen LogP contribution < -0.4 is 10.6 Å². The summed E-state index contributed by atoms with van der Waals surface area (Å²) in [5, 5.41) is 6.34. The average Bonchev–Trinajstić information content (AvgIpc) is 2.78. The van der Waals surface area contributed by atoms with Gasteiger partial charge in [0.25, 0.3) is 5.91 Å². The Kier molecular flexibility index (Phi) is 7.13. The molecule has 152 valence electrons. The van der Waals surface area contributed by atoms with Gasteiger partial charge in [-0.25, -0.2) is 9.79 Å². The van der Waals surface area contributed by atoms with E-state index in [0.29, 0.717) is 28.4 Å². The molecule has 0 fully saturated rings. The first-order valence-corrected chi connectivity index (χ1v) is 9.38. The standard InChI is InChI=1S/C22H19ClN4O3/c1-30-21(29)17-5-2-6-19(12-17)26-22(25-14-15-4-3-11-24-13-15)27-20(28)16-7-9-18(23)10-8-16/h2-13H,14H2,1H3,(H2,25,26,27,28). The number of pyridine rings is 1. The molecule has 0 atom stereocenters. The van der Waals surface area contributed by atoms with E-state index in [1.54, 1.807) is 60.9 Å². The van der Waals surface area contributed by atoms with Crippen molar-refractivity contribution in [3.05, 3.63) is 94.8 Å². The smallest absolute Gasteiger partial charge is 0.337 e. The molecule has 1 heterocycles. The van der Waals surface area contributed by atoms with Crippen LogP contribution in [0.5, 0.6) is 0 Å². The van der Waals surface area contributed by atoms with E-state index in [4.69, 9.17) is 16.3 Å². The van der Waals surface area contributed by atoms with Gasteiger partial charge in [-0.2, -0.15) is 0 Å². The minimum Gasteiger partial charge on any atom is -0.465 e. The van der Waals surface area contributed by atoms with Crippen LogP contribution in [0.15, 0.2) is 78.0 Å². The number of aliphatic imine (C=N–C) groups is 1. The van der Waals surface area contributed by atoms with E-state index in [2.05, 4.69) is 20.6 Å². The first-order chi connectivity index (χ1) is 14.5. The largest absolute Gasteiger partial charge is 0.465 e. The second-order valence-corrected chi connectivity index (χ2v) is 6.62. The SMILES string of the molecule is COC(=O)c1cccc(NC(=NCc2cccnc2)NC(=O)c2ccc(Cl)cc2)c1. The number of benzene rings is 2. The zero-order valence-corrected chi connectivity index (χ0v) is 16.9. The highest BCUT2D eigenvalue weighted by Gasteiger charge is 2.11. The van der Waals surface area contributed by atoms with Crippen LogP contribution in [0.2, 0.25) is 5.02 Å². The lowest BCUT2D eigenvalue weighted by atomic mass is 10.2. The number of aromatic nitrogens is 1. The topological polar surface area (TPSA) is 92.7 Å². The van der Waals surface area contributed by atoms with E-state index < -0.39 is 5.97 Å². The van der Waals surface area contributed by atoms with Gasteiger partial charge in [0.15, 0.2) is 0 Å². The van der Waals surface area contributed by atoms with Crippen molar-refractivity contribution in [2.75, 3.05) is 12.4 Å². The van der Waals surface area contributed by atoms with Crippen LogP contribution >= 0.6 is 11.6 Å². The summed E-state index contributed by atoms with van der Waals surface area (Å²) in [4.78, 5) is 32.9. The van der Waals surface area contributed by atoms with Crippen LogP contribution in [0, 0.1) is 0 Å². The third kappa shape index (κ3) is 5.89. The fraction of sp³-hybridized carbons (Fsp3) is 0.0909. The van der Waals surface area contributed by atoms with Crippen molar-refractivity contribution in [2.24, 2.45) is 4.99 Å². The lowest BCUT2D eigenvalue weighted by Gasteiger charge is -2.13. The number of nitrogens with zero attached hydrogens (tertiary/aromatic N) is 2. The molecule has 3 rings (SSSR count). The number of carbonyl (C=O) groups is 2. The summed E-state index contributed by atoms with van der Waals surface area (Å²) in [6.07, 6.45) is 3.37. The minimum absolute atomic E-state index is 0.223. The molecule has 30 heavy (non-hydrogen) atoms. The Bertz CT molecular complexity index is 1050. The first-order valence-electron chi connectivity index (χ1n) is 9.01. The second kappa shape index (κ2) is 10.2. The summed E-state index contributed by atoms with van der Waals surface area (Å²) in [6, 6.07) is 16.9. The van der Waals surface area contributed by atoms with Gasteiger partial charge in [-0.15, -0.1) is 0 Å². The van der Waals surface area contributed by atoms with E-state index in [1.807, 2.05) is 12.1 Å². The molecule has 0 aliphatic heterocycles. The number of ether oxygens (including phenoxy) is 1. The number of guanidine groups is 1. The van der Waals surface area contributed by atoms with Crippen molar-refractivity contribution in [1.82, 2.24) is 10.3 Å². The summed E-state index contributed by atoms with van der Waals surface area (Å²) in [5.74, 6) is -0.591. The Morgan fingerprint density at radius 1 is 1.07 bits per heavy atom. The van der Waals surface area contributed by atoms with Gasteiger partial charge in [-0.1, -0.05) is 23.7 Å². The Morgan fingerprint density at radius 2 is 1.87 bits per heavy atom. The molecule has 0 saturated heterocycles. The summed E-state index contributed by atoms with van der Waals surface area (Å²) in [7, 11) is 1.32. The third-order valence-electron chi connectivity index (χ3n) is 4.03. The molecule has 1 aromatic heterocycles. The molecule has 0 saturated carbocycles. The molecular formula is C22H19ClN4O3. The Balaban J connectivity index is 1.82. The molecule has 0 bridgehead atoms. The monoisotopic (exact) mass is 422 g/mol. The van der Waals surface area contributed by atoms with E-state index >= 15 is 0 Å². The predicted octanol–water partition coefficient (Wildman–Crippen LogP) is 3.92. The fourth-order valence-corrected chi connectivity index (χ4v) is 2.66. The van der Waals surface area contributed by atoms with Gasteiger partial charge in [0.05, 0.1) is 19.2 Å². The average molecular weight is 423 g/mol. The number of nitrogens with one attached hydrogen (secondary N) is 2. The van der Waals surface area contributed by atoms with Crippen LogP contribution in [-0.2, 0) is 11.3 Å². The normalized spacial score (nSPS) is 10.9. The molecule has 0 unspecified atom stereocenters. The van der Waals surface area contributed by atoms with Crippen LogP contribution in [0.4, 0.5) is 5.69 Å². The number of methoxy groups -OCH3 is 1. The second-order valence-electron chi connectivity index (χ2n) is 6.18. The minimum atomic E-state index is -0.460. The number of esters is 1. The highest BCUT2D eigenvalue weighted by Crippen LogP contribution is 2.13. The van der Waals surface area contributed by atoms with E-state index in [9.17, 15) is 9.59 Å². The zero-order valence-electron chi connectivity index (χ0n) is 16.1. The van der Waals surface area contributed by atoms with Gasteiger partial charge in [0.2, 0.25) is 5.96 Å². The molecule has 0 aliphatic rings. The highest BCUT2D eigenvalue weighted by molar-refractivity contribution is 6.30. The number of rotatable bonds is 5. The first kappa shape index (κ1) is 21.0. The van der Waals surface area contributed by atoms with Crippen molar-refractivity contribution < 1.29 is 14.3 Å². The van der Waals surface area contributed by atoms with Crippen LogP contribution in [0.1, 0.15) is 26.3 Å². The van der Waals surface area contributed by atoms with Gasteiger partial charge in [0, 0.05) is 28.7 Å². The van der Waals surface area contributed by atoms with Crippen LogP contribution in [0.25, 0.3) is 0 Å². The molecule has 3 aromatic rings. The number of carbonyl (C=O) groups excluding carboxylic acids is 2. The summed E-state index contributed by atoms with van der Waals surface area (Å²) < 4.78 is 4.75. The molecule has 8 heteroatoms. The molecular weight excluding hydrogens is 404 g/mol. The lowest BCUT2D eigenvalue weighted by Crippen LogP contribution is -2.36. The number of anilines is 1. The number of hydrogen-bond donors (Lipinski definition) is 2. The van der Waals surface area contributed by atoms with E-state index in [-0.39, 0.29) is 11.9 Å². The maximum absolute atomic E-state index is 12.6. The maximum atomic E-state index is 12.6. The molecule has 2 aromatic carbocycles. The Labute approximate surface area is 178 Å². The van der Waals surface area contributed by atoms with E-state index in [1.165, 1.54) is 7.11 Å².